The number of nitrogens with zero attached hydrogens (tertiary/aromatic N) is 1. The van der Waals surface area contributed by atoms with Crippen molar-refractivity contribution in [1.82, 2.24) is 5.32 Å². The van der Waals surface area contributed by atoms with Crippen LogP contribution in [0.15, 0.2) is 36.4 Å². The number of benzene rings is 1. The van der Waals surface area contributed by atoms with E-state index < -0.39 is 40.0 Å². The molecule has 54 heavy (non-hydrogen) atoms. The number of nitro benzene ring substituents is 1. The summed E-state index contributed by atoms with van der Waals surface area (Å²) >= 11 is 0. The van der Waals surface area contributed by atoms with Gasteiger partial charge in [-0.15, -0.1) is 0 Å². The summed E-state index contributed by atoms with van der Waals surface area (Å²) in [5.41, 5.74) is -1.04. The summed E-state index contributed by atoms with van der Waals surface area (Å²) < 4.78 is 17.2. The first-order chi connectivity index (χ1) is 25.2. The van der Waals surface area contributed by atoms with E-state index in [1.54, 1.807) is 20.8 Å². The van der Waals surface area contributed by atoms with Crippen LogP contribution < -0.4 is 5.32 Å². The zero-order chi connectivity index (χ0) is 39.6. The highest BCUT2D eigenvalue weighted by Crippen LogP contribution is 2.62. The Labute approximate surface area is 320 Å². The molecule has 1 aromatic rings. The average Bonchev–Trinajstić information content (AvgIpc) is 3.52. The molecule has 2 unspecified atom stereocenters. The predicted molar refractivity (Wildman–Crippen MR) is 204 cm³/mol. The van der Waals surface area contributed by atoms with Crippen LogP contribution in [0.3, 0.4) is 0 Å². The van der Waals surface area contributed by atoms with Crippen LogP contribution in [0.4, 0.5) is 5.69 Å². The van der Waals surface area contributed by atoms with Crippen molar-refractivity contribution in [2.75, 3.05) is 0 Å². The highest BCUT2D eigenvalue weighted by molar-refractivity contribution is 5.97. The Morgan fingerprint density at radius 2 is 1.48 bits per heavy atom. The van der Waals surface area contributed by atoms with Crippen molar-refractivity contribution in [2.24, 2.45) is 46.8 Å². The molecule has 0 heterocycles. The third-order valence-electron chi connectivity index (χ3n) is 12.7. The largest absolute Gasteiger partial charge is 0.461 e. The summed E-state index contributed by atoms with van der Waals surface area (Å²) in [6.07, 6.45) is 13.0. The number of nitrogens with one attached hydrogen (secondary N) is 1. The number of hydrogen-bond acceptors (Lipinski definition) is 9. The van der Waals surface area contributed by atoms with Gasteiger partial charge >= 0.3 is 17.9 Å². The molecule has 0 aliphatic heterocycles. The number of hydrogen-bond donors (Lipinski definition) is 1. The molecular formula is C43H62N2O9. The molecule has 5 rings (SSSR count). The number of allylic oxidation sites excluding steroid dienone is 2. The van der Waals surface area contributed by atoms with E-state index in [4.69, 9.17) is 14.2 Å². The van der Waals surface area contributed by atoms with Gasteiger partial charge in [-0.3, -0.25) is 24.5 Å². The summed E-state index contributed by atoms with van der Waals surface area (Å²) in [6.45, 7) is 15.8. The van der Waals surface area contributed by atoms with Gasteiger partial charge < -0.3 is 19.5 Å². The third kappa shape index (κ3) is 10.1. The summed E-state index contributed by atoms with van der Waals surface area (Å²) in [6, 6.07) is 4.05. The Bertz CT molecular complexity index is 1570. The molecule has 0 saturated heterocycles. The molecular weight excluding hydrogens is 688 g/mol. The number of non-ortho nitro benzene ring substituents is 1. The van der Waals surface area contributed by atoms with E-state index in [-0.39, 0.29) is 41.6 Å². The normalized spacial score (nSPS) is 30.1. The van der Waals surface area contributed by atoms with Crippen molar-refractivity contribution < 1.29 is 38.3 Å². The van der Waals surface area contributed by atoms with Crippen molar-refractivity contribution >= 4 is 29.5 Å². The average molecular weight is 751 g/mol. The number of esters is 3. The molecule has 1 amide bonds. The standard InChI is InChI=1S/C43H62N2O9/c1-26(9-21-37(46)53-41(2,3)4)31-16-17-33-32(31)18-19-35-34(33)15-12-28-25-30(23-24-43(28,35)8)52-40(49)36(20-22-38(47)54-42(5,6)7)44-39(48)27-10-13-29(14-11-27)45(50)51/h10-11,13-14,18-19,26,28,30-36H,9,12,15-17,20-25H2,1-8H3,(H,44,48)/t26-,28-,30-,31?,32?,33-,34+,35+,36+,43+/m1/s1. The van der Waals surface area contributed by atoms with Crippen molar-refractivity contribution in [2.45, 2.75) is 149 Å². The van der Waals surface area contributed by atoms with Crippen molar-refractivity contribution in [3.63, 3.8) is 0 Å². The molecule has 1 N–H and O–H groups in total. The molecule has 11 heteroatoms. The van der Waals surface area contributed by atoms with Gasteiger partial charge in [-0.1, -0.05) is 26.0 Å². The van der Waals surface area contributed by atoms with E-state index in [0.29, 0.717) is 47.8 Å². The van der Waals surface area contributed by atoms with Gasteiger partial charge in [0.2, 0.25) is 0 Å². The molecule has 3 saturated carbocycles. The molecule has 10 atom stereocenters. The zero-order valence-electron chi connectivity index (χ0n) is 33.6. The maximum absolute atomic E-state index is 13.7. The molecule has 0 aromatic heterocycles. The van der Waals surface area contributed by atoms with Crippen LogP contribution in [-0.2, 0) is 28.6 Å². The van der Waals surface area contributed by atoms with Gasteiger partial charge in [0.25, 0.3) is 11.6 Å². The van der Waals surface area contributed by atoms with Crippen molar-refractivity contribution in [3.8, 4) is 0 Å². The number of amides is 1. The number of carbonyl (C=O) groups is 4. The minimum Gasteiger partial charge on any atom is -0.461 e. The number of ether oxygens (including phenoxy) is 3. The fourth-order valence-corrected chi connectivity index (χ4v) is 10.1. The van der Waals surface area contributed by atoms with Gasteiger partial charge in [-0.05, 0) is 158 Å². The number of rotatable bonds is 12. The predicted octanol–water partition coefficient (Wildman–Crippen LogP) is 8.53. The van der Waals surface area contributed by atoms with Crippen LogP contribution in [0.1, 0.15) is 136 Å². The van der Waals surface area contributed by atoms with Crippen LogP contribution in [0.5, 0.6) is 0 Å². The minimum atomic E-state index is -1.09. The molecule has 0 radical (unpaired) electrons. The van der Waals surface area contributed by atoms with Crippen LogP contribution in [-0.4, -0.2) is 52.1 Å². The second-order valence-electron chi connectivity index (χ2n) is 18.7. The Kier molecular flexibility index (Phi) is 12.7. The van der Waals surface area contributed by atoms with Gasteiger partial charge in [0.05, 0.1) is 4.92 Å². The molecule has 0 bridgehead atoms. The lowest BCUT2D eigenvalue weighted by atomic mass is 9.48. The van der Waals surface area contributed by atoms with E-state index in [1.807, 2.05) is 20.8 Å². The van der Waals surface area contributed by atoms with E-state index in [1.165, 1.54) is 37.1 Å². The van der Waals surface area contributed by atoms with E-state index in [2.05, 4.69) is 31.3 Å². The van der Waals surface area contributed by atoms with Gasteiger partial charge in [0.15, 0.2) is 0 Å². The fraction of sp³-hybridized carbons (Fsp3) is 0.721. The smallest absolute Gasteiger partial charge is 0.328 e. The first-order valence-corrected chi connectivity index (χ1v) is 20.1. The Morgan fingerprint density at radius 3 is 2.09 bits per heavy atom. The molecule has 4 aliphatic rings. The van der Waals surface area contributed by atoms with Crippen LogP contribution in [0.25, 0.3) is 0 Å². The summed E-state index contributed by atoms with van der Waals surface area (Å²) in [5, 5.41) is 13.8. The van der Waals surface area contributed by atoms with Crippen LogP contribution in [0, 0.1) is 57.0 Å². The monoisotopic (exact) mass is 750 g/mol. The lowest BCUT2D eigenvalue weighted by Crippen LogP contribution is -2.51. The lowest BCUT2D eigenvalue weighted by Gasteiger charge is -2.57. The number of carbonyl (C=O) groups excluding carboxylic acids is 4. The highest BCUT2D eigenvalue weighted by Gasteiger charge is 2.55. The second kappa shape index (κ2) is 16.5. The van der Waals surface area contributed by atoms with Crippen molar-refractivity contribution in [1.29, 1.82) is 0 Å². The Balaban J connectivity index is 1.20. The SMILES string of the molecule is C[C@H](CCC(=O)OC(C)(C)C)C1CC[C@@H]2C1C=C[C@H]1[C@H]2CC[C@@H]2C[C@H](OC(=O)[C@H](CCC(=O)OC(C)(C)C)NC(=O)c3ccc([N+](=O)[O-])cc3)CC[C@@]21C. The minimum absolute atomic E-state index is 0.00193. The third-order valence-corrected chi connectivity index (χ3v) is 12.7. The summed E-state index contributed by atoms with van der Waals surface area (Å²) in [7, 11) is 0. The van der Waals surface area contributed by atoms with Crippen LogP contribution >= 0.6 is 0 Å². The fourth-order valence-electron chi connectivity index (χ4n) is 10.1. The van der Waals surface area contributed by atoms with Gasteiger partial charge in [-0.2, -0.15) is 0 Å². The van der Waals surface area contributed by atoms with Crippen LogP contribution in [0.2, 0.25) is 0 Å². The lowest BCUT2D eigenvalue weighted by molar-refractivity contribution is -0.384. The van der Waals surface area contributed by atoms with E-state index in [0.717, 1.165) is 38.5 Å². The number of fused-ring (bicyclic) bond motifs is 5. The zero-order valence-corrected chi connectivity index (χ0v) is 33.6. The molecule has 4 aliphatic carbocycles. The Morgan fingerprint density at radius 1 is 0.870 bits per heavy atom. The molecule has 1 aromatic carbocycles. The number of nitro groups is 1. The molecule has 11 nitrogen and oxygen atoms in total. The topological polar surface area (TPSA) is 151 Å². The highest BCUT2D eigenvalue weighted by atomic mass is 16.6. The molecule has 298 valence electrons. The second-order valence-corrected chi connectivity index (χ2v) is 18.7. The summed E-state index contributed by atoms with van der Waals surface area (Å²) in [4.78, 5) is 62.5. The first-order valence-electron chi connectivity index (χ1n) is 20.1. The van der Waals surface area contributed by atoms with E-state index in [9.17, 15) is 29.3 Å². The van der Waals surface area contributed by atoms with Gasteiger partial charge in [0, 0.05) is 30.5 Å². The maximum Gasteiger partial charge on any atom is 0.328 e. The van der Waals surface area contributed by atoms with Crippen molar-refractivity contribution in [3.05, 3.63) is 52.1 Å². The molecule has 3 fully saturated rings. The Hall–Kier alpha value is -3.76. The first kappa shape index (κ1) is 41.4. The van der Waals surface area contributed by atoms with Gasteiger partial charge in [0.1, 0.15) is 23.3 Å². The summed E-state index contributed by atoms with van der Waals surface area (Å²) in [5.74, 6) is 1.99. The maximum atomic E-state index is 13.7. The quantitative estimate of drug-likeness (QED) is 0.0729. The molecule has 0 spiro atoms. The van der Waals surface area contributed by atoms with E-state index >= 15 is 0 Å². The van der Waals surface area contributed by atoms with Gasteiger partial charge in [-0.25, -0.2) is 4.79 Å².